The van der Waals surface area contributed by atoms with Crippen molar-refractivity contribution in [1.29, 1.82) is 0 Å². The Bertz CT molecular complexity index is 809. The van der Waals surface area contributed by atoms with Gasteiger partial charge in [-0.3, -0.25) is 14.9 Å². The Hall–Kier alpha value is -2.47. The summed E-state index contributed by atoms with van der Waals surface area (Å²) < 4.78 is 1.97. The molecule has 1 aromatic heterocycles. The third-order valence-corrected chi connectivity index (χ3v) is 5.11. The van der Waals surface area contributed by atoms with E-state index >= 15 is 0 Å². The largest absolute Gasteiger partial charge is 0.480 e. The minimum Gasteiger partial charge on any atom is -0.480 e. The van der Waals surface area contributed by atoms with Crippen LogP contribution in [0.2, 0.25) is 0 Å². The summed E-state index contributed by atoms with van der Waals surface area (Å²) in [4.78, 5) is 28.0. The first kappa shape index (κ1) is 22.8. The van der Waals surface area contributed by atoms with Crippen LogP contribution in [0, 0.1) is 5.92 Å². The number of hydrogen-bond donors (Lipinski definition) is 2. The van der Waals surface area contributed by atoms with E-state index in [-0.39, 0.29) is 12.2 Å². The Morgan fingerprint density at radius 3 is 2.28 bits per heavy atom. The second-order valence-electron chi connectivity index (χ2n) is 8.46. The summed E-state index contributed by atoms with van der Waals surface area (Å²) in [6.07, 6.45) is 4.30. The predicted molar refractivity (Wildman–Crippen MR) is 114 cm³/mol. The SMILES string of the molecule is CC(=O)C(CC(C)C)NC(Cc1cncn1Cc1ccc(C(C)C)cc1)C(=O)O. The first-order chi connectivity index (χ1) is 13.7. The average molecular weight is 400 g/mol. The lowest BCUT2D eigenvalue weighted by Gasteiger charge is -2.23. The molecule has 0 aliphatic rings. The number of nitrogens with zero attached hydrogens (tertiary/aromatic N) is 2. The molecule has 2 rings (SSSR count). The van der Waals surface area contributed by atoms with Gasteiger partial charge >= 0.3 is 5.97 Å². The van der Waals surface area contributed by atoms with Gasteiger partial charge < -0.3 is 9.67 Å². The number of carboxylic acid groups (broad SMARTS) is 1. The number of nitrogens with one attached hydrogen (secondary N) is 1. The molecule has 0 aliphatic heterocycles. The molecule has 0 aliphatic carbocycles. The zero-order valence-corrected chi connectivity index (χ0v) is 18.1. The molecule has 2 atom stereocenters. The van der Waals surface area contributed by atoms with Gasteiger partial charge in [0, 0.05) is 24.9 Å². The van der Waals surface area contributed by atoms with Crippen LogP contribution < -0.4 is 5.32 Å². The van der Waals surface area contributed by atoms with E-state index in [2.05, 4.69) is 48.4 Å². The van der Waals surface area contributed by atoms with E-state index in [4.69, 9.17) is 0 Å². The lowest BCUT2D eigenvalue weighted by Crippen LogP contribution is -2.48. The number of imidazole rings is 1. The molecule has 0 amide bonds. The van der Waals surface area contributed by atoms with Crippen molar-refractivity contribution in [3.8, 4) is 0 Å². The lowest BCUT2D eigenvalue weighted by atomic mass is 9.99. The van der Waals surface area contributed by atoms with Crippen LogP contribution in [-0.4, -0.2) is 38.5 Å². The minimum atomic E-state index is -0.964. The third kappa shape index (κ3) is 6.82. The third-order valence-electron chi connectivity index (χ3n) is 5.11. The number of carboxylic acids is 1. The van der Waals surface area contributed by atoms with Gasteiger partial charge in [0.1, 0.15) is 11.8 Å². The molecular weight excluding hydrogens is 366 g/mol. The van der Waals surface area contributed by atoms with Crippen molar-refractivity contribution in [2.45, 2.75) is 72.0 Å². The molecule has 6 heteroatoms. The number of ketones is 1. The molecule has 0 saturated heterocycles. The molecule has 29 heavy (non-hydrogen) atoms. The molecule has 1 aromatic carbocycles. The first-order valence-electron chi connectivity index (χ1n) is 10.2. The molecular formula is C23H33N3O3. The summed E-state index contributed by atoms with van der Waals surface area (Å²) in [5.74, 6) is -0.224. The number of Topliss-reactive ketones (excluding diaryl/α,β-unsaturated/α-hetero) is 1. The summed E-state index contributed by atoms with van der Waals surface area (Å²) in [6.45, 7) is 10.5. The van der Waals surface area contributed by atoms with E-state index < -0.39 is 18.1 Å². The fourth-order valence-electron chi connectivity index (χ4n) is 3.36. The lowest BCUT2D eigenvalue weighted by molar-refractivity contribution is -0.139. The van der Waals surface area contributed by atoms with E-state index in [1.165, 1.54) is 12.5 Å². The van der Waals surface area contributed by atoms with Gasteiger partial charge in [0.15, 0.2) is 0 Å². The summed E-state index contributed by atoms with van der Waals surface area (Å²) in [5, 5.41) is 12.7. The smallest absolute Gasteiger partial charge is 0.321 e. The van der Waals surface area contributed by atoms with Crippen molar-refractivity contribution in [3.63, 3.8) is 0 Å². The van der Waals surface area contributed by atoms with Crippen molar-refractivity contribution >= 4 is 11.8 Å². The monoisotopic (exact) mass is 399 g/mol. The normalized spacial score (nSPS) is 13.6. The van der Waals surface area contributed by atoms with Crippen molar-refractivity contribution < 1.29 is 14.7 Å². The van der Waals surface area contributed by atoms with E-state index in [9.17, 15) is 14.7 Å². The van der Waals surface area contributed by atoms with Crippen LogP contribution in [0.4, 0.5) is 0 Å². The van der Waals surface area contributed by atoms with Crippen LogP contribution in [0.3, 0.4) is 0 Å². The molecule has 0 spiro atoms. The number of aromatic nitrogens is 2. The van der Waals surface area contributed by atoms with Crippen molar-refractivity contribution in [1.82, 2.24) is 14.9 Å². The van der Waals surface area contributed by atoms with Crippen LogP contribution in [0.25, 0.3) is 0 Å². The number of benzene rings is 1. The second kappa shape index (κ2) is 10.3. The van der Waals surface area contributed by atoms with Crippen LogP contribution in [-0.2, 0) is 22.6 Å². The average Bonchev–Trinajstić information content (AvgIpc) is 3.07. The topological polar surface area (TPSA) is 84.2 Å². The highest BCUT2D eigenvalue weighted by Crippen LogP contribution is 2.16. The van der Waals surface area contributed by atoms with E-state index in [0.29, 0.717) is 24.8 Å². The molecule has 0 radical (unpaired) electrons. The molecule has 0 saturated carbocycles. The maximum atomic E-state index is 12.0. The number of aliphatic carboxylic acids is 1. The van der Waals surface area contributed by atoms with Crippen LogP contribution in [0.5, 0.6) is 0 Å². The Kier molecular flexibility index (Phi) is 8.14. The summed E-state index contributed by atoms with van der Waals surface area (Å²) in [5.41, 5.74) is 3.25. The van der Waals surface area contributed by atoms with Crippen molar-refractivity contribution in [2.75, 3.05) is 0 Å². The predicted octanol–water partition coefficient (Wildman–Crippen LogP) is 3.64. The Morgan fingerprint density at radius 1 is 1.10 bits per heavy atom. The van der Waals surface area contributed by atoms with Gasteiger partial charge in [-0.25, -0.2) is 4.98 Å². The second-order valence-corrected chi connectivity index (χ2v) is 8.46. The van der Waals surface area contributed by atoms with E-state index in [1.54, 1.807) is 12.5 Å². The molecule has 1 heterocycles. The Labute approximate surface area is 173 Å². The van der Waals surface area contributed by atoms with E-state index in [1.807, 2.05) is 18.4 Å². The number of carbonyl (C=O) groups excluding carboxylic acids is 1. The van der Waals surface area contributed by atoms with Gasteiger partial charge in [0.2, 0.25) is 0 Å². The van der Waals surface area contributed by atoms with Gasteiger partial charge in [-0.05, 0) is 36.3 Å². The minimum absolute atomic E-state index is 0.0382. The summed E-state index contributed by atoms with van der Waals surface area (Å²) >= 11 is 0. The maximum Gasteiger partial charge on any atom is 0.321 e. The molecule has 6 nitrogen and oxygen atoms in total. The van der Waals surface area contributed by atoms with Gasteiger partial charge in [0.25, 0.3) is 0 Å². The van der Waals surface area contributed by atoms with Gasteiger partial charge in [-0.1, -0.05) is 52.0 Å². The highest BCUT2D eigenvalue weighted by molar-refractivity contribution is 5.83. The molecule has 0 bridgehead atoms. The molecule has 0 fully saturated rings. The Balaban J connectivity index is 2.12. The summed E-state index contributed by atoms with van der Waals surface area (Å²) in [6, 6.07) is 7.14. The van der Waals surface area contributed by atoms with E-state index in [0.717, 1.165) is 11.3 Å². The zero-order valence-electron chi connectivity index (χ0n) is 18.1. The highest BCUT2D eigenvalue weighted by Gasteiger charge is 2.26. The van der Waals surface area contributed by atoms with Crippen molar-refractivity contribution in [2.24, 2.45) is 5.92 Å². The fourth-order valence-corrected chi connectivity index (χ4v) is 3.36. The maximum absolute atomic E-state index is 12.0. The van der Waals surface area contributed by atoms with Crippen LogP contribution in [0.1, 0.15) is 63.8 Å². The molecule has 2 unspecified atom stereocenters. The zero-order chi connectivity index (χ0) is 21.6. The van der Waals surface area contributed by atoms with Crippen LogP contribution >= 0.6 is 0 Å². The summed E-state index contributed by atoms with van der Waals surface area (Å²) in [7, 11) is 0. The number of hydrogen-bond acceptors (Lipinski definition) is 4. The number of rotatable bonds is 11. The molecule has 158 valence electrons. The highest BCUT2D eigenvalue weighted by atomic mass is 16.4. The van der Waals surface area contributed by atoms with Gasteiger partial charge in [-0.2, -0.15) is 0 Å². The molecule has 2 N–H and O–H groups in total. The van der Waals surface area contributed by atoms with Crippen LogP contribution in [0.15, 0.2) is 36.8 Å². The quantitative estimate of drug-likeness (QED) is 0.603. The van der Waals surface area contributed by atoms with Gasteiger partial charge in [0.05, 0.1) is 12.4 Å². The molecule has 2 aromatic rings. The first-order valence-corrected chi connectivity index (χ1v) is 10.2. The standard InChI is InChI=1S/C23H33N3O3/c1-15(2)10-21(17(5)27)25-22(23(28)29)11-20-12-24-14-26(20)13-18-6-8-19(9-7-18)16(3)4/h6-9,12,14-16,21-22,25H,10-11,13H2,1-5H3,(H,28,29). The van der Waals surface area contributed by atoms with Crippen molar-refractivity contribution in [3.05, 3.63) is 53.6 Å². The Morgan fingerprint density at radius 2 is 1.76 bits per heavy atom. The number of carbonyl (C=O) groups is 2. The van der Waals surface area contributed by atoms with Gasteiger partial charge in [-0.15, -0.1) is 0 Å². The fraction of sp³-hybridized carbons (Fsp3) is 0.522.